The number of aromatic nitrogens is 1. The summed E-state index contributed by atoms with van der Waals surface area (Å²) >= 11 is 0. The summed E-state index contributed by atoms with van der Waals surface area (Å²) in [7, 11) is 2.03. The predicted octanol–water partition coefficient (Wildman–Crippen LogP) is 2.39. The first-order valence-corrected chi connectivity index (χ1v) is 6.40. The topological polar surface area (TPSA) is 34.2 Å². The Morgan fingerprint density at radius 1 is 1.35 bits per heavy atom. The van der Waals surface area contributed by atoms with Gasteiger partial charge in [-0.1, -0.05) is 6.07 Å². The standard InChI is InChI=1S/C14H22N2O/c1-10-8-11(2)13(16-9-10)14(15-3)12-4-6-17-7-5-12/h8-9,12,14-15H,4-7H2,1-3H3. The molecule has 1 aliphatic heterocycles. The SMILES string of the molecule is CNC(c1ncc(C)cc1C)C1CCOCC1. The van der Waals surface area contributed by atoms with Gasteiger partial charge in [-0.2, -0.15) is 0 Å². The highest BCUT2D eigenvalue weighted by Gasteiger charge is 2.26. The minimum absolute atomic E-state index is 0.361. The summed E-state index contributed by atoms with van der Waals surface area (Å²) in [6.07, 6.45) is 4.22. The zero-order valence-electron chi connectivity index (χ0n) is 11.0. The van der Waals surface area contributed by atoms with Crippen molar-refractivity contribution in [2.24, 2.45) is 5.92 Å². The van der Waals surface area contributed by atoms with Crippen LogP contribution in [-0.2, 0) is 4.74 Å². The molecule has 3 heteroatoms. The molecule has 94 valence electrons. The van der Waals surface area contributed by atoms with Crippen LogP contribution in [0.25, 0.3) is 0 Å². The molecule has 0 amide bonds. The summed E-state index contributed by atoms with van der Waals surface area (Å²) in [5, 5.41) is 3.43. The van der Waals surface area contributed by atoms with Crippen LogP contribution in [0, 0.1) is 19.8 Å². The maximum atomic E-state index is 5.43. The first kappa shape index (κ1) is 12.5. The van der Waals surface area contributed by atoms with E-state index in [0.29, 0.717) is 12.0 Å². The van der Waals surface area contributed by atoms with Crippen LogP contribution in [0.4, 0.5) is 0 Å². The van der Waals surface area contributed by atoms with Crippen LogP contribution in [0.15, 0.2) is 12.3 Å². The molecule has 3 nitrogen and oxygen atoms in total. The van der Waals surface area contributed by atoms with E-state index in [4.69, 9.17) is 4.74 Å². The normalized spacial score (nSPS) is 19.2. The second-order valence-electron chi connectivity index (χ2n) is 4.93. The fraction of sp³-hybridized carbons (Fsp3) is 0.643. The van der Waals surface area contributed by atoms with Gasteiger partial charge in [-0.3, -0.25) is 4.98 Å². The Kier molecular flexibility index (Phi) is 4.13. The molecule has 1 aliphatic rings. The van der Waals surface area contributed by atoms with E-state index in [0.717, 1.165) is 26.1 Å². The highest BCUT2D eigenvalue weighted by molar-refractivity contribution is 5.26. The van der Waals surface area contributed by atoms with E-state index in [9.17, 15) is 0 Å². The lowest BCUT2D eigenvalue weighted by atomic mass is 9.88. The molecule has 0 saturated carbocycles. The van der Waals surface area contributed by atoms with Crippen molar-refractivity contribution in [1.29, 1.82) is 0 Å². The van der Waals surface area contributed by atoms with Crippen LogP contribution in [0.3, 0.4) is 0 Å². The van der Waals surface area contributed by atoms with Crippen LogP contribution in [0.2, 0.25) is 0 Å². The molecule has 1 saturated heterocycles. The largest absolute Gasteiger partial charge is 0.381 e. The number of nitrogens with zero attached hydrogens (tertiary/aromatic N) is 1. The molecule has 0 aromatic carbocycles. The van der Waals surface area contributed by atoms with Gasteiger partial charge >= 0.3 is 0 Å². The summed E-state index contributed by atoms with van der Waals surface area (Å²) in [6, 6.07) is 2.57. The highest BCUT2D eigenvalue weighted by atomic mass is 16.5. The first-order chi connectivity index (χ1) is 8.22. The van der Waals surface area contributed by atoms with Crippen molar-refractivity contribution in [3.8, 4) is 0 Å². The van der Waals surface area contributed by atoms with Gasteiger partial charge in [0.2, 0.25) is 0 Å². The Balaban J connectivity index is 2.21. The minimum atomic E-state index is 0.361. The third-order valence-corrected chi connectivity index (χ3v) is 3.60. The molecule has 1 aromatic rings. The Bertz CT molecular complexity index is 372. The van der Waals surface area contributed by atoms with E-state index >= 15 is 0 Å². The van der Waals surface area contributed by atoms with Crippen molar-refractivity contribution in [3.05, 3.63) is 29.1 Å². The second kappa shape index (κ2) is 5.61. The number of hydrogen-bond acceptors (Lipinski definition) is 3. The molecule has 1 fully saturated rings. The van der Waals surface area contributed by atoms with E-state index in [1.807, 2.05) is 13.2 Å². The van der Waals surface area contributed by atoms with E-state index in [2.05, 4.69) is 30.2 Å². The smallest absolute Gasteiger partial charge is 0.0605 e. The van der Waals surface area contributed by atoms with Crippen LogP contribution >= 0.6 is 0 Å². The molecule has 1 unspecified atom stereocenters. The van der Waals surface area contributed by atoms with Gasteiger partial charge in [0, 0.05) is 19.4 Å². The van der Waals surface area contributed by atoms with Crippen molar-refractivity contribution in [1.82, 2.24) is 10.3 Å². The number of ether oxygens (including phenoxy) is 1. The zero-order chi connectivity index (χ0) is 12.3. The monoisotopic (exact) mass is 234 g/mol. The van der Waals surface area contributed by atoms with Crippen molar-refractivity contribution >= 4 is 0 Å². The molecule has 2 rings (SSSR count). The summed E-state index contributed by atoms with van der Waals surface area (Å²) in [5.74, 6) is 0.641. The van der Waals surface area contributed by atoms with E-state index in [-0.39, 0.29) is 0 Å². The molecular formula is C14H22N2O. The van der Waals surface area contributed by atoms with Gasteiger partial charge in [-0.15, -0.1) is 0 Å². The maximum absolute atomic E-state index is 5.43. The van der Waals surface area contributed by atoms with Gasteiger partial charge in [-0.05, 0) is 50.8 Å². The first-order valence-electron chi connectivity index (χ1n) is 6.40. The number of rotatable bonds is 3. The molecule has 0 spiro atoms. The molecule has 0 bridgehead atoms. The lowest BCUT2D eigenvalue weighted by Crippen LogP contribution is -2.31. The van der Waals surface area contributed by atoms with Crippen molar-refractivity contribution in [2.45, 2.75) is 32.7 Å². The van der Waals surface area contributed by atoms with Gasteiger partial charge in [-0.25, -0.2) is 0 Å². The molecule has 17 heavy (non-hydrogen) atoms. The molecule has 2 heterocycles. The Morgan fingerprint density at radius 3 is 2.65 bits per heavy atom. The average Bonchev–Trinajstić information content (AvgIpc) is 2.34. The number of hydrogen-bond donors (Lipinski definition) is 1. The summed E-state index contributed by atoms with van der Waals surface area (Å²) < 4.78 is 5.43. The fourth-order valence-electron chi connectivity index (χ4n) is 2.70. The number of aryl methyl sites for hydroxylation is 2. The lowest BCUT2D eigenvalue weighted by molar-refractivity contribution is 0.0540. The molecule has 1 N–H and O–H groups in total. The third-order valence-electron chi connectivity index (χ3n) is 3.60. The Hall–Kier alpha value is -0.930. The summed E-state index contributed by atoms with van der Waals surface area (Å²) in [6.45, 7) is 6.01. The summed E-state index contributed by atoms with van der Waals surface area (Å²) in [4.78, 5) is 4.62. The number of nitrogens with one attached hydrogen (secondary N) is 1. The quantitative estimate of drug-likeness (QED) is 0.872. The van der Waals surface area contributed by atoms with Crippen LogP contribution in [0.1, 0.15) is 35.7 Å². The van der Waals surface area contributed by atoms with Crippen LogP contribution in [0.5, 0.6) is 0 Å². The van der Waals surface area contributed by atoms with E-state index in [1.54, 1.807) is 0 Å². The van der Waals surface area contributed by atoms with Gasteiger partial charge < -0.3 is 10.1 Å². The van der Waals surface area contributed by atoms with Crippen LogP contribution < -0.4 is 5.32 Å². The van der Waals surface area contributed by atoms with E-state index < -0.39 is 0 Å². The second-order valence-corrected chi connectivity index (χ2v) is 4.93. The van der Waals surface area contributed by atoms with Gasteiger partial charge in [0.15, 0.2) is 0 Å². The van der Waals surface area contributed by atoms with Gasteiger partial charge in [0.05, 0.1) is 11.7 Å². The molecule has 1 aromatic heterocycles. The molecule has 0 aliphatic carbocycles. The zero-order valence-corrected chi connectivity index (χ0v) is 11.0. The highest BCUT2D eigenvalue weighted by Crippen LogP contribution is 2.30. The molecule has 0 radical (unpaired) electrons. The summed E-state index contributed by atoms with van der Waals surface area (Å²) in [5.41, 5.74) is 3.72. The lowest BCUT2D eigenvalue weighted by Gasteiger charge is -2.30. The molecule has 1 atom stereocenters. The van der Waals surface area contributed by atoms with Gasteiger partial charge in [0.1, 0.15) is 0 Å². The van der Waals surface area contributed by atoms with Crippen molar-refractivity contribution < 1.29 is 4.74 Å². The van der Waals surface area contributed by atoms with Crippen LogP contribution in [-0.4, -0.2) is 25.2 Å². The third kappa shape index (κ3) is 2.85. The average molecular weight is 234 g/mol. The molecular weight excluding hydrogens is 212 g/mol. The fourth-order valence-corrected chi connectivity index (χ4v) is 2.70. The maximum Gasteiger partial charge on any atom is 0.0605 e. The predicted molar refractivity (Wildman–Crippen MR) is 69.1 cm³/mol. The van der Waals surface area contributed by atoms with Crippen molar-refractivity contribution in [3.63, 3.8) is 0 Å². The Labute approximate surface area is 104 Å². The van der Waals surface area contributed by atoms with Gasteiger partial charge in [0.25, 0.3) is 0 Å². The Morgan fingerprint density at radius 2 is 2.06 bits per heavy atom. The minimum Gasteiger partial charge on any atom is -0.381 e. The van der Waals surface area contributed by atoms with Crippen molar-refractivity contribution in [2.75, 3.05) is 20.3 Å². The number of pyridine rings is 1. The van der Waals surface area contributed by atoms with E-state index in [1.165, 1.54) is 16.8 Å².